The van der Waals surface area contributed by atoms with Crippen molar-refractivity contribution in [3.05, 3.63) is 168 Å². The smallest absolute Gasteiger partial charge is 0.259 e. The first kappa shape index (κ1) is 40.8. The molecule has 3 atom stereocenters. The Morgan fingerprint density at radius 1 is 0.845 bits per heavy atom. The van der Waals surface area contributed by atoms with E-state index in [4.69, 9.17) is 25.3 Å². The first-order valence-corrected chi connectivity index (χ1v) is 20.7. The van der Waals surface area contributed by atoms with Crippen LogP contribution < -0.4 is 5.32 Å². The lowest BCUT2D eigenvalue weighted by Gasteiger charge is -2.50. The zero-order chi connectivity index (χ0) is 40.5. The summed E-state index contributed by atoms with van der Waals surface area (Å²) >= 11 is 0. The lowest BCUT2D eigenvalue weighted by molar-refractivity contribution is -0.146. The highest BCUT2D eigenvalue weighted by molar-refractivity contribution is 7.44. The SMILES string of the molecule is [C-]#[N+]CCOP(OCC1CN(C(c2ccccc2)(c2ccccc2)c2ccccc2)C[C@H](n2cnc3c(NC(=O)c4ccccc4)ncnc32)O1)N(C(C)C)C(C)C. The van der Waals surface area contributed by atoms with E-state index in [1.165, 1.54) is 6.33 Å². The second-order valence-electron chi connectivity index (χ2n) is 14.6. The number of benzene rings is 4. The van der Waals surface area contributed by atoms with Crippen molar-refractivity contribution >= 4 is 31.4 Å². The van der Waals surface area contributed by atoms with Crippen LogP contribution in [-0.4, -0.2) is 86.0 Å². The summed E-state index contributed by atoms with van der Waals surface area (Å²) in [5, 5.41) is 2.93. The second kappa shape index (κ2) is 18.9. The van der Waals surface area contributed by atoms with Crippen LogP contribution in [0.25, 0.3) is 16.0 Å². The first-order valence-electron chi connectivity index (χ1n) is 19.6. The molecule has 0 bridgehead atoms. The topological polar surface area (TPSA) is 111 Å². The van der Waals surface area contributed by atoms with Gasteiger partial charge in [0.2, 0.25) is 6.54 Å². The van der Waals surface area contributed by atoms with E-state index in [9.17, 15) is 4.79 Å². The fourth-order valence-electron chi connectivity index (χ4n) is 7.80. The number of amides is 1. The van der Waals surface area contributed by atoms with Gasteiger partial charge in [0.25, 0.3) is 14.4 Å². The first-order chi connectivity index (χ1) is 28.3. The molecule has 0 aliphatic carbocycles. The van der Waals surface area contributed by atoms with Crippen LogP contribution in [-0.2, 0) is 19.3 Å². The van der Waals surface area contributed by atoms with Gasteiger partial charge in [0.1, 0.15) is 19.2 Å². The number of ether oxygens (including phenoxy) is 1. The molecule has 12 nitrogen and oxygen atoms in total. The molecule has 298 valence electrons. The van der Waals surface area contributed by atoms with Gasteiger partial charge in [-0.25, -0.2) is 26.2 Å². The number of rotatable bonds is 16. The molecule has 0 radical (unpaired) electrons. The van der Waals surface area contributed by atoms with Gasteiger partial charge in [-0.2, -0.15) is 0 Å². The number of aromatic nitrogens is 4. The molecule has 6 aromatic rings. The van der Waals surface area contributed by atoms with Gasteiger partial charge < -0.3 is 23.9 Å². The summed E-state index contributed by atoms with van der Waals surface area (Å²) in [4.78, 5) is 33.1. The highest BCUT2D eigenvalue weighted by atomic mass is 31.2. The standard InChI is InChI=1S/C45H49N8O4P/c1-33(2)53(34(3)4)58(55-27-26-46-5)56-30-39-28-51(45(36-20-12-7-13-21-36,37-22-14-8-15-23-37)38-24-16-9-17-25-38)29-40(57-39)52-32-49-41-42(47-31-48-43(41)52)50-44(54)35-18-10-6-11-19-35/h6-25,31-34,39-40H,26-30H2,1-4H3,(H,47,48,50,54)/t39?,40-,58?/m1/s1. The molecular weight excluding hydrogens is 748 g/mol. The van der Waals surface area contributed by atoms with Crippen LogP contribution in [0.2, 0.25) is 0 Å². The van der Waals surface area contributed by atoms with Crippen LogP contribution in [0.3, 0.4) is 0 Å². The molecule has 58 heavy (non-hydrogen) atoms. The number of morpholine rings is 1. The maximum Gasteiger partial charge on any atom is 0.259 e. The van der Waals surface area contributed by atoms with E-state index in [1.807, 2.05) is 41.0 Å². The van der Waals surface area contributed by atoms with Gasteiger partial charge in [-0.3, -0.25) is 14.3 Å². The molecule has 1 N–H and O–H groups in total. The molecular formula is C45H49N8O4P. The van der Waals surface area contributed by atoms with Gasteiger partial charge in [-0.05, 0) is 56.5 Å². The van der Waals surface area contributed by atoms with E-state index >= 15 is 0 Å². The van der Waals surface area contributed by atoms with Gasteiger partial charge in [0.15, 0.2) is 17.0 Å². The second-order valence-corrected chi connectivity index (χ2v) is 16.1. The number of nitrogens with one attached hydrogen (secondary N) is 1. The minimum atomic E-state index is -1.52. The van der Waals surface area contributed by atoms with Crippen molar-refractivity contribution in [3.8, 4) is 0 Å². The summed E-state index contributed by atoms with van der Waals surface area (Å²) < 4.78 is 24.3. The molecule has 2 unspecified atom stereocenters. The minimum absolute atomic E-state index is 0.144. The van der Waals surface area contributed by atoms with E-state index in [-0.39, 0.29) is 37.7 Å². The monoisotopic (exact) mass is 796 g/mol. The summed E-state index contributed by atoms with van der Waals surface area (Å²) in [7, 11) is -1.52. The predicted molar refractivity (Wildman–Crippen MR) is 227 cm³/mol. The van der Waals surface area contributed by atoms with E-state index in [2.05, 4.69) is 130 Å². The summed E-state index contributed by atoms with van der Waals surface area (Å²) in [6.45, 7) is 17.5. The Hall–Kier alpha value is -5.38. The van der Waals surface area contributed by atoms with Gasteiger partial charge in [-0.15, -0.1) is 0 Å². The quantitative estimate of drug-likeness (QED) is 0.0446. The molecule has 1 saturated heterocycles. The van der Waals surface area contributed by atoms with Crippen LogP contribution in [0.4, 0.5) is 5.82 Å². The van der Waals surface area contributed by atoms with E-state index in [1.54, 1.807) is 18.5 Å². The lowest BCUT2D eigenvalue weighted by Crippen LogP contribution is -2.57. The van der Waals surface area contributed by atoms with Crippen LogP contribution in [0, 0.1) is 6.57 Å². The third kappa shape index (κ3) is 8.71. The molecule has 4 aromatic carbocycles. The maximum atomic E-state index is 13.2. The molecule has 1 fully saturated rings. The lowest BCUT2D eigenvalue weighted by atomic mass is 9.75. The molecule has 1 aliphatic rings. The van der Waals surface area contributed by atoms with E-state index in [0.29, 0.717) is 35.6 Å². The summed E-state index contributed by atoms with van der Waals surface area (Å²) in [5.74, 6) is 0.0137. The van der Waals surface area contributed by atoms with Crippen molar-refractivity contribution in [3.63, 3.8) is 0 Å². The minimum Gasteiger partial charge on any atom is -0.350 e. The normalized spacial score (nSPS) is 16.8. The van der Waals surface area contributed by atoms with Crippen molar-refractivity contribution in [1.29, 1.82) is 0 Å². The highest BCUT2D eigenvalue weighted by Crippen LogP contribution is 2.48. The van der Waals surface area contributed by atoms with Gasteiger partial charge >= 0.3 is 0 Å². The number of fused-ring (bicyclic) bond motifs is 1. The van der Waals surface area contributed by atoms with Crippen LogP contribution in [0.1, 0.15) is 61.0 Å². The van der Waals surface area contributed by atoms with Crippen LogP contribution in [0.5, 0.6) is 0 Å². The van der Waals surface area contributed by atoms with Crippen molar-refractivity contribution in [1.82, 2.24) is 29.1 Å². The Labute approximate surface area is 341 Å². The summed E-state index contributed by atoms with van der Waals surface area (Å²) in [6.07, 6.45) is 2.11. The number of hydrogen-bond acceptors (Lipinski definition) is 9. The summed E-state index contributed by atoms with van der Waals surface area (Å²) in [6, 6.07) is 41.0. The van der Waals surface area contributed by atoms with Gasteiger partial charge in [0.05, 0.1) is 24.6 Å². The third-order valence-corrected chi connectivity index (χ3v) is 12.2. The van der Waals surface area contributed by atoms with Crippen molar-refractivity contribution in [2.45, 2.75) is 57.6 Å². The summed E-state index contributed by atoms with van der Waals surface area (Å²) in [5.41, 5.74) is 4.04. The van der Waals surface area contributed by atoms with E-state index in [0.717, 1.165) is 16.7 Å². The van der Waals surface area contributed by atoms with Gasteiger partial charge in [0, 0.05) is 30.7 Å². The Bertz CT molecular complexity index is 2170. The highest BCUT2D eigenvalue weighted by Gasteiger charge is 2.47. The largest absolute Gasteiger partial charge is 0.350 e. The molecule has 7 rings (SSSR count). The zero-order valence-corrected chi connectivity index (χ0v) is 34.2. The Morgan fingerprint density at radius 3 is 1.97 bits per heavy atom. The average molecular weight is 797 g/mol. The molecule has 2 aromatic heterocycles. The van der Waals surface area contributed by atoms with Crippen molar-refractivity contribution in [2.75, 3.05) is 38.2 Å². The Kier molecular flexibility index (Phi) is 13.3. The van der Waals surface area contributed by atoms with E-state index < -0.39 is 26.4 Å². The van der Waals surface area contributed by atoms with Gasteiger partial charge in [-0.1, -0.05) is 109 Å². The molecule has 1 aliphatic heterocycles. The number of imidazole rings is 1. The molecule has 0 saturated carbocycles. The van der Waals surface area contributed by atoms with Crippen LogP contribution in [0.15, 0.2) is 134 Å². The number of carbonyl (C=O) groups excluding carboxylic acids is 1. The number of anilines is 1. The fraction of sp³-hybridized carbons (Fsp3) is 0.311. The molecule has 13 heteroatoms. The van der Waals surface area contributed by atoms with Crippen LogP contribution >= 0.6 is 8.53 Å². The molecule has 0 spiro atoms. The zero-order valence-electron chi connectivity index (χ0n) is 33.3. The number of carbonyl (C=O) groups is 1. The third-order valence-electron chi connectivity index (χ3n) is 10.2. The average Bonchev–Trinajstić information content (AvgIpc) is 3.70. The number of hydrogen-bond donors (Lipinski definition) is 1. The molecule has 1 amide bonds. The number of nitrogens with zero attached hydrogens (tertiary/aromatic N) is 7. The fourth-order valence-corrected chi connectivity index (χ4v) is 9.43. The van der Waals surface area contributed by atoms with Crippen molar-refractivity contribution in [2.24, 2.45) is 0 Å². The Morgan fingerprint density at radius 2 is 1.41 bits per heavy atom. The predicted octanol–water partition coefficient (Wildman–Crippen LogP) is 8.57. The Balaban J connectivity index is 1.32. The van der Waals surface area contributed by atoms with Crippen molar-refractivity contribution < 1.29 is 18.6 Å². The molecule has 3 heterocycles. The maximum absolute atomic E-state index is 13.2.